The lowest BCUT2D eigenvalue weighted by molar-refractivity contribution is -0.137. The second-order valence-electron chi connectivity index (χ2n) is 7.51. The summed E-state index contributed by atoms with van der Waals surface area (Å²) in [5.41, 5.74) is 0. The minimum Gasteiger partial charge on any atom is -0.481 e. The zero-order valence-corrected chi connectivity index (χ0v) is 18.9. The van der Waals surface area contributed by atoms with E-state index in [0.29, 0.717) is 18.6 Å². The van der Waals surface area contributed by atoms with E-state index in [1.54, 1.807) is 19.1 Å². The van der Waals surface area contributed by atoms with Crippen molar-refractivity contribution in [2.75, 3.05) is 5.75 Å². The average Bonchev–Trinajstić information content (AvgIpc) is 2.97. The highest BCUT2D eigenvalue weighted by Crippen LogP contribution is 2.41. The number of hydrogen-bond donors (Lipinski definition) is 3. The van der Waals surface area contributed by atoms with Gasteiger partial charge in [-0.1, -0.05) is 50.8 Å². The highest BCUT2D eigenvalue weighted by Gasteiger charge is 2.34. The summed E-state index contributed by atoms with van der Waals surface area (Å²) in [7, 11) is 0. The van der Waals surface area contributed by atoms with Crippen LogP contribution < -0.4 is 0 Å². The summed E-state index contributed by atoms with van der Waals surface area (Å²) in [5.74, 6) is -0.344. The van der Waals surface area contributed by atoms with Gasteiger partial charge in [0.2, 0.25) is 0 Å². The molecular formula is C23H36O6S. The zero-order chi connectivity index (χ0) is 22.4. The van der Waals surface area contributed by atoms with Crippen molar-refractivity contribution in [2.45, 2.75) is 83.8 Å². The maximum absolute atomic E-state index is 11.9. The fraction of sp³-hybridized carbons (Fsp3) is 0.652. The fourth-order valence-electron chi connectivity index (χ4n) is 3.24. The van der Waals surface area contributed by atoms with Crippen LogP contribution in [-0.4, -0.2) is 45.2 Å². The molecule has 1 aliphatic rings. The van der Waals surface area contributed by atoms with Crippen molar-refractivity contribution in [3.63, 3.8) is 0 Å². The monoisotopic (exact) mass is 440 g/mol. The van der Waals surface area contributed by atoms with Gasteiger partial charge in [0.25, 0.3) is 0 Å². The van der Waals surface area contributed by atoms with Crippen molar-refractivity contribution in [3.05, 3.63) is 35.0 Å². The predicted octanol–water partition coefficient (Wildman–Crippen LogP) is 4.57. The summed E-state index contributed by atoms with van der Waals surface area (Å²) in [5, 5.41) is 29.4. The van der Waals surface area contributed by atoms with Crippen molar-refractivity contribution in [3.8, 4) is 0 Å². The number of carboxylic acids is 1. The van der Waals surface area contributed by atoms with Gasteiger partial charge < -0.3 is 20.1 Å². The molecule has 3 N–H and O–H groups in total. The molecule has 0 aromatic heterocycles. The number of hydrogen-bond acceptors (Lipinski definition) is 6. The lowest BCUT2D eigenvalue weighted by Gasteiger charge is -2.15. The van der Waals surface area contributed by atoms with Crippen LogP contribution in [0.4, 0.5) is 0 Å². The van der Waals surface area contributed by atoms with Gasteiger partial charge >= 0.3 is 11.9 Å². The minimum atomic E-state index is -0.787. The summed E-state index contributed by atoms with van der Waals surface area (Å²) in [6.45, 7) is 3.85. The summed E-state index contributed by atoms with van der Waals surface area (Å²) in [4.78, 5) is 23.3. The van der Waals surface area contributed by atoms with Gasteiger partial charge in [0.05, 0.1) is 12.2 Å². The lowest BCUT2D eigenvalue weighted by Crippen LogP contribution is -2.14. The molecule has 0 saturated heterocycles. The van der Waals surface area contributed by atoms with Crippen molar-refractivity contribution < 1.29 is 29.6 Å². The molecule has 0 bridgehead atoms. The van der Waals surface area contributed by atoms with Gasteiger partial charge in [0.15, 0.2) is 0 Å². The Morgan fingerprint density at radius 2 is 2.00 bits per heavy atom. The molecule has 3 atom stereocenters. The molecule has 0 aromatic rings. The van der Waals surface area contributed by atoms with E-state index >= 15 is 0 Å². The van der Waals surface area contributed by atoms with Gasteiger partial charge in [-0.05, 0) is 31.9 Å². The van der Waals surface area contributed by atoms with E-state index in [1.165, 1.54) is 17.8 Å². The number of ether oxygens (including phenoxy) is 1. The lowest BCUT2D eigenvalue weighted by atomic mass is 10.0. The molecule has 0 aromatic carbocycles. The zero-order valence-electron chi connectivity index (χ0n) is 18.1. The quantitative estimate of drug-likeness (QED) is 0.148. The number of carbonyl (C=O) groups excluding carboxylic acids is 1. The standard InChI is InChI=1S/C23H36O6S/c1-3-5-7-11-17(24)13-14-18-19(25)16-20(29-22(28)10-4-2)23(18)30-15-9-6-8-12-21(26)27/h4,10,13-14,17-19,24-25H,3,5-9,11-12,15-16H2,1-2H3,(H,26,27)/t17-,18-,19+/m0/s1. The maximum Gasteiger partial charge on any atom is 0.335 e. The molecule has 1 aliphatic carbocycles. The first-order valence-corrected chi connectivity index (χ1v) is 11.8. The number of thioether (sulfide) groups is 1. The smallest absolute Gasteiger partial charge is 0.335 e. The Balaban J connectivity index is 2.77. The van der Waals surface area contributed by atoms with Crippen LogP contribution in [-0.2, 0) is 14.3 Å². The van der Waals surface area contributed by atoms with Crippen molar-refractivity contribution in [1.29, 1.82) is 0 Å². The largest absolute Gasteiger partial charge is 0.481 e. The number of aliphatic hydroxyl groups excluding tert-OH is 2. The fourth-order valence-corrected chi connectivity index (χ4v) is 4.52. The predicted molar refractivity (Wildman–Crippen MR) is 120 cm³/mol. The summed E-state index contributed by atoms with van der Waals surface area (Å²) < 4.78 is 5.46. The van der Waals surface area contributed by atoms with E-state index < -0.39 is 24.1 Å². The number of carboxylic acid groups (broad SMARTS) is 1. The molecule has 0 fully saturated rings. The molecular weight excluding hydrogens is 404 g/mol. The second-order valence-corrected chi connectivity index (χ2v) is 8.64. The summed E-state index contributed by atoms with van der Waals surface area (Å²) in [6.07, 6.45) is 11.7. The molecule has 0 saturated carbocycles. The van der Waals surface area contributed by atoms with Crippen LogP contribution in [0.2, 0.25) is 0 Å². The Hall–Kier alpha value is -1.57. The average molecular weight is 441 g/mol. The third kappa shape index (κ3) is 10.5. The number of aliphatic hydroxyl groups is 2. The van der Waals surface area contributed by atoms with E-state index in [0.717, 1.165) is 42.8 Å². The number of unbranched alkanes of at least 4 members (excludes halogenated alkanes) is 4. The molecule has 6 nitrogen and oxygen atoms in total. The first-order valence-electron chi connectivity index (χ1n) is 10.9. The van der Waals surface area contributed by atoms with Crippen LogP contribution in [0, 0.1) is 5.92 Å². The van der Waals surface area contributed by atoms with E-state index in [9.17, 15) is 19.8 Å². The molecule has 0 radical (unpaired) electrons. The third-order valence-electron chi connectivity index (χ3n) is 4.85. The van der Waals surface area contributed by atoms with Gasteiger partial charge in [-0.3, -0.25) is 4.79 Å². The first kappa shape index (κ1) is 26.5. The van der Waals surface area contributed by atoms with Crippen LogP contribution in [0.25, 0.3) is 0 Å². The Kier molecular flexibility index (Phi) is 13.5. The van der Waals surface area contributed by atoms with Gasteiger partial charge in [-0.2, -0.15) is 0 Å². The molecule has 0 aliphatic heterocycles. The van der Waals surface area contributed by atoms with E-state index in [-0.39, 0.29) is 18.8 Å². The van der Waals surface area contributed by atoms with Gasteiger partial charge in [-0.25, -0.2) is 4.79 Å². The first-order chi connectivity index (χ1) is 14.4. The van der Waals surface area contributed by atoms with Crippen LogP contribution in [0.5, 0.6) is 0 Å². The number of esters is 1. The number of rotatable bonds is 15. The molecule has 7 heteroatoms. The Bertz CT molecular complexity index is 625. The maximum atomic E-state index is 11.9. The Morgan fingerprint density at radius 3 is 2.67 bits per heavy atom. The van der Waals surface area contributed by atoms with E-state index in [4.69, 9.17) is 9.84 Å². The number of carbonyl (C=O) groups is 2. The van der Waals surface area contributed by atoms with E-state index in [2.05, 4.69) is 6.92 Å². The van der Waals surface area contributed by atoms with Gasteiger partial charge in [0, 0.05) is 29.7 Å². The van der Waals surface area contributed by atoms with E-state index in [1.807, 2.05) is 6.08 Å². The second kappa shape index (κ2) is 15.3. The normalized spacial score (nSPS) is 20.4. The Labute approximate surface area is 184 Å². The van der Waals surface area contributed by atoms with Crippen molar-refractivity contribution in [1.82, 2.24) is 0 Å². The van der Waals surface area contributed by atoms with Crippen LogP contribution >= 0.6 is 11.8 Å². The van der Waals surface area contributed by atoms with Crippen molar-refractivity contribution in [2.24, 2.45) is 5.92 Å². The SMILES string of the molecule is CC=CC(=O)OC1=C(SCCCCCC(=O)O)[C@@H](C=C[C@@H](O)CCCCC)[C@H](O)C1. The highest BCUT2D eigenvalue weighted by atomic mass is 32.2. The molecule has 1 rings (SSSR count). The van der Waals surface area contributed by atoms with Gasteiger partial charge in [0.1, 0.15) is 5.76 Å². The highest BCUT2D eigenvalue weighted by molar-refractivity contribution is 8.03. The van der Waals surface area contributed by atoms with Crippen LogP contribution in [0.15, 0.2) is 35.0 Å². The van der Waals surface area contributed by atoms with Crippen LogP contribution in [0.1, 0.15) is 71.6 Å². The minimum absolute atomic E-state index is 0.166. The topological polar surface area (TPSA) is 104 Å². The third-order valence-corrected chi connectivity index (χ3v) is 6.15. The van der Waals surface area contributed by atoms with Crippen LogP contribution in [0.3, 0.4) is 0 Å². The number of allylic oxidation sites excluding steroid dienone is 1. The molecule has 0 amide bonds. The van der Waals surface area contributed by atoms with Crippen molar-refractivity contribution >= 4 is 23.7 Å². The number of aliphatic carboxylic acids is 1. The Morgan fingerprint density at radius 1 is 1.23 bits per heavy atom. The van der Waals surface area contributed by atoms with Gasteiger partial charge in [-0.15, -0.1) is 11.8 Å². The molecule has 30 heavy (non-hydrogen) atoms. The summed E-state index contributed by atoms with van der Waals surface area (Å²) >= 11 is 1.53. The summed E-state index contributed by atoms with van der Waals surface area (Å²) in [6, 6.07) is 0. The molecule has 0 heterocycles. The molecule has 0 spiro atoms. The molecule has 0 unspecified atom stereocenters. The molecule has 170 valence electrons.